The van der Waals surface area contributed by atoms with Crippen LogP contribution in [0.15, 0.2) is 192 Å². The third-order valence-electron chi connectivity index (χ3n) is 11.1. The summed E-state index contributed by atoms with van der Waals surface area (Å²) in [7, 11) is 0. The van der Waals surface area contributed by atoms with Gasteiger partial charge in [0.1, 0.15) is 16.2 Å². The molecule has 0 N–H and O–H groups in total. The molecule has 7 heteroatoms. The van der Waals surface area contributed by atoms with E-state index < -0.39 is 0 Å². The molecular weight excluding hydrogens is 743 g/mol. The Kier molecular flexibility index (Phi) is 7.61. The number of furan rings is 1. The van der Waals surface area contributed by atoms with Crippen molar-refractivity contribution >= 4 is 65.3 Å². The highest BCUT2D eigenvalue weighted by Crippen LogP contribution is 2.46. The SMILES string of the molecule is c1ccc(-c2ccc3c4ccccc4n(-c4nc(-c5ccccc5)nc(-c5cccc6c5oc5c(-c7nc8ccccc8s7)c(-c7ccccc7)ccc56)n4)c3c2)cc1. The van der Waals surface area contributed by atoms with E-state index in [-0.39, 0.29) is 0 Å². The van der Waals surface area contributed by atoms with Crippen molar-refractivity contribution in [2.45, 2.75) is 0 Å². The average Bonchev–Trinajstić information content (AvgIpc) is 4.01. The van der Waals surface area contributed by atoms with Crippen LogP contribution >= 0.6 is 11.3 Å². The largest absolute Gasteiger partial charge is 0.455 e. The maximum absolute atomic E-state index is 7.12. The van der Waals surface area contributed by atoms with Gasteiger partial charge in [-0.1, -0.05) is 152 Å². The van der Waals surface area contributed by atoms with Gasteiger partial charge in [-0.15, -0.1) is 11.3 Å². The molecule has 0 unspecified atom stereocenters. The third-order valence-corrected chi connectivity index (χ3v) is 12.2. The molecule has 0 amide bonds. The quantitative estimate of drug-likeness (QED) is 0.168. The lowest BCUT2D eigenvalue weighted by atomic mass is 9.97. The number of benzene rings is 8. The molecule has 0 atom stereocenters. The van der Waals surface area contributed by atoms with Crippen LogP contribution in [0.3, 0.4) is 0 Å². The predicted molar refractivity (Wildman–Crippen MR) is 242 cm³/mol. The van der Waals surface area contributed by atoms with E-state index >= 15 is 0 Å². The summed E-state index contributed by atoms with van der Waals surface area (Å²) in [4.78, 5) is 20.9. The number of aromatic nitrogens is 5. The first-order chi connectivity index (χ1) is 29.2. The highest BCUT2D eigenvalue weighted by Gasteiger charge is 2.24. The Labute approximate surface area is 342 Å². The number of fused-ring (bicyclic) bond motifs is 7. The van der Waals surface area contributed by atoms with Crippen LogP contribution in [0.2, 0.25) is 0 Å². The highest BCUT2D eigenvalue weighted by molar-refractivity contribution is 7.21. The first kappa shape index (κ1) is 33.4. The minimum atomic E-state index is 0.522. The number of para-hydroxylation sites is 3. The average molecular weight is 774 g/mol. The third kappa shape index (κ3) is 5.47. The molecule has 12 rings (SSSR count). The monoisotopic (exact) mass is 773 g/mol. The molecule has 0 bridgehead atoms. The smallest absolute Gasteiger partial charge is 0.238 e. The van der Waals surface area contributed by atoms with Gasteiger partial charge in [0.25, 0.3) is 0 Å². The Morgan fingerprint density at radius 1 is 0.407 bits per heavy atom. The molecule has 6 nitrogen and oxygen atoms in total. The summed E-state index contributed by atoms with van der Waals surface area (Å²) in [6.07, 6.45) is 0. The molecule has 8 aromatic carbocycles. The van der Waals surface area contributed by atoms with Gasteiger partial charge in [-0.3, -0.25) is 4.57 Å². The van der Waals surface area contributed by atoms with Crippen molar-refractivity contribution in [2.24, 2.45) is 0 Å². The molecule has 0 aliphatic rings. The van der Waals surface area contributed by atoms with E-state index in [0.717, 1.165) is 92.3 Å². The number of rotatable bonds is 6. The van der Waals surface area contributed by atoms with Gasteiger partial charge in [0.05, 0.1) is 32.4 Å². The van der Waals surface area contributed by atoms with Crippen molar-refractivity contribution in [3.8, 4) is 61.5 Å². The van der Waals surface area contributed by atoms with Gasteiger partial charge < -0.3 is 4.42 Å². The van der Waals surface area contributed by atoms with E-state index in [1.54, 1.807) is 11.3 Å². The van der Waals surface area contributed by atoms with Gasteiger partial charge in [-0.05, 0) is 58.7 Å². The molecule has 12 aromatic rings. The van der Waals surface area contributed by atoms with Crippen LogP contribution in [-0.2, 0) is 0 Å². The first-order valence-electron chi connectivity index (χ1n) is 19.6. The summed E-state index contributed by atoms with van der Waals surface area (Å²) in [6, 6.07) is 65.0. The summed E-state index contributed by atoms with van der Waals surface area (Å²) in [5.74, 6) is 1.62. The molecule has 0 saturated heterocycles. The first-order valence-corrected chi connectivity index (χ1v) is 20.4. The van der Waals surface area contributed by atoms with Gasteiger partial charge >= 0.3 is 0 Å². The Bertz CT molecular complexity index is 3520. The lowest BCUT2D eigenvalue weighted by Crippen LogP contribution is -2.06. The Balaban J connectivity index is 1.13. The fraction of sp³-hybridized carbons (Fsp3) is 0. The molecule has 4 aromatic heterocycles. The van der Waals surface area contributed by atoms with Crippen LogP contribution in [0.5, 0.6) is 0 Å². The second-order valence-electron chi connectivity index (χ2n) is 14.6. The van der Waals surface area contributed by atoms with E-state index in [2.05, 4.69) is 138 Å². The van der Waals surface area contributed by atoms with Crippen molar-refractivity contribution in [3.63, 3.8) is 0 Å². The van der Waals surface area contributed by atoms with Crippen molar-refractivity contribution in [1.29, 1.82) is 0 Å². The topological polar surface area (TPSA) is 69.6 Å². The van der Waals surface area contributed by atoms with Crippen LogP contribution < -0.4 is 0 Å². The summed E-state index contributed by atoms with van der Waals surface area (Å²) >= 11 is 1.68. The van der Waals surface area contributed by atoms with Crippen molar-refractivity contribution in [1.82, 2.24) is 24.5 Å². The zero-order chi connectivity index (χ0) is 38.9. The second kappa shape index (κ2) is 13.4. The summed E-state index contributed by atoms with van der Waals surface area (Å²) in [6.45, 7) is 0. The zero-order valence-corrected chi connectivity index (χ0v) is 32.3. The fourth-order valence-electron chi connectivity index (χ4n) is 8.39. The molecule has 0 saturated carbocycles. The lowest BCUT2D eigenvalue weighted by Gasteiger charge is -2.11. The zero-order valence-electron chi connectivity index (χ0n) is 31.5. The van der Waals surface area contributed by atoms with Crippen molar-refractivity contribution in [3.05, 3.63) is 188 Å². The van der Waals surface area contributed by atoms with Gasteiger partial charge in [0, 0.05) is 27.1 Å². The molecule has 0 radical (unpaired) electrons. The standard InChI is InChI=1S/C52H31N5OS/c1-4-15-32(16-5-1)35-27-28-38-37-21-10-12-25-43(37)57(44(38)31-35)52-55-49(34-19-8-3-9-20-34)54-50(56-52)41-23-14-22-39-40-30-29-36(33-17-6-2-7-18-33)46(48(40)58-47(39)41)51-53-42-24-11-13-26-45(42)59-51/h1-31H. The predicted octanol–water partition coefficient (Wildman–Crippen LogP) is 13.8. The van der Waals surface area contributed by atoms with Crippen LogP contribution in [0.4, 0.5) is 0 Å². The number of hydrogen-bond acceptors (Lipinski definition) is 6. The van der Waals surface area contributed by atoms with Crippen molar-refractivity contribution in [2.75, 3.05) is 0 Å². The Morgan fingerprint density at radius 3 is 1.86 bits per heavy atom. The molecule has 0 spiro atoms. The van der Waals surface area contributed by atoms with Gasteiger partial charge in [-0.2, -0.15) is 9.97 Å². The van der Waals surface area contributed by atoms with E-state index in [1.807, 2.05) is 54.6 Å². The van der Waals surface area contributed by atoms with E-state index in [1.165, 1.54) is 0 Å². The minimum Gasteiger partial charge on any atom is -0.455 e. The van der Waals surface area contributed by atoms with E-state index in [0.29, 0.717) is 23.2 Å². The second-order valence-corrected chi connectivity index (χ2v) is 15.6. The maximum atomic E-state index is 7.12. The minimum absolute atomic E-state index is 0.522. The normalized spacial score (nSPS) is 11.7. The van der Waals surface area contributed by atoms with Crippen LogP contribution in [0.1, 0.15) is 0 Å². The van der Waals surface area contributed by atoms with Gasteiger partial charge in [-0.25, -0.2) is 9.97 Å². The van der Waals surface area contributed by atoms with Crippen molar-refractivity contribution < 1.29 is 4.42 Å². The molecule has 0 aliphatic heterocycles. The van der Waals surface area contributed by atoms with Gasteiger partial charge in [0.2, 0.25) is 5.95 Å². The fourth-order valence-corrected chi connectivity index (χ4v) is 9.41. The molecule has 4 heterocycles. The summed E-state index contributed by atoms with van der Waals surface area (Å²) < 4.78 is 10.4. The molecule has 0 aliphatic carbocycles. The summed E-state index contributed by atoms with van der Waals surface area (Å²) in [5, 5.41) is 5.14. The maximum Gasteiger partial charge on any atom is 0.238 e. The molecule has 59 heavy (non-hydrogen) atoms. The van der Waals surface area contributed by atoms with Crippen LogP contribution in [0, 0.1) is 0 Å². The molecule has 276 valence electrons. The van der Waals surface area contributed by atoms with E-state index in [9.17, 15) is 0 Å². The van der Waals surface area contributed by atoms with Gasteiger partial charge in [0.15, 0.2) is 11.6 Å². The Hall–Kier alpha value is -7.74. The van der Waals surface area contributed by atoms with E-state index in [4.69, 9.17) is 24.4 Å². The lowest BCUT2D eigenvalue weighted by molar-refractivity contribution is 0.670. The number of nitrogens with zero attached hydrogens (tertiary/aromatic N) is 5. The van der Waals surface area contributed by atoms with Crippen LogP contribution in [-0.4, -0.2) is 24.5 Å². The van der Waals surface area contributed by atoms with Crippen LogP contribution in [0.25, 0.3) is 116 Å². The highest BCUT2D eigenvalue weighted by atomic mass is 32.1. The number of hydrogen-bond donors (Lipinski definition) is 0. The summed E-state index contributed by atoms with van der Waals surface area (Å²) in [5.41, 5.74) is 11.5. The Morgan fingerprint density at radius 2 is 1.05 bits per heavy atom. The molecule has 0 fully saturated rings. The number of thiazole rings is 1. The molecular formula is C52H31N5OS.